The van der Waals surface area contributed by atoms with Crippen LogP contribution in [0.4, 0.5) is 11.4 Å². The zero-order valence-electron chi connectivity index (χ0n) is 13.9. The summed E-state index contributed by atoms with van der Waals surface area (Å²) in [7, 11) is 0. The van der Waals surface area contributed by atoms with E-state index >= 15 is 0 Å². The molecule has 1 aliphatic rings. The third-order valence-electron chi connectivity index (χ3n) is 4.50. The average molecular weight is 322 g/mol. The van der Waals surface area contributed by atoms with Gasteiger partial charge in [0, 0.05) is 36.6 Å². The maximum atomic E-state index is 5.70. The van der Waals surface area contributed by atoms with E-state index in [1.54, 1.807) is 0 Å². The molecule has 0 radical (unpaired) electrons. The van der Waals surface area contributed by atoms with Crippen LogP contribution in [-0.2, 0) is 6.54 Å². The summed E-state index contributed by atoms with van der Waals surface area (Å²) >= 11 is 0. The van der Waals surface area contributed by atoms with Gasteiger partial charge in [-0.2, -0.15) is 5.10 Å². The Morgan fingerprint density at radius 3 is 2.88 bits per heavy atom. The van der Waals surface area contributed by atoms with Gasteiger partial charge >= 0.3 is 0 Å². The van der Waals surface area contributed by atoms with Crippen molar-refractivity contribution in [3.05, 3.63) is 53.9 Å². The van der Waals surface area contributed by atoms with Crippen molar-refractivity contribution in [3.63, 3.8) is 0 Å². The van der Waals surface area contributed by atoms with E-state index in [9.17, 15) is 0 Å². The number of aromatic amines is 1. The first-order valence-corrected chi connectivity index (χ1v) is 8.47. The summed E-state index contributed by atoms with van der Waals surface area (Å²) in [5.74, 6) is 1.73. The van der Waals surface area contributed by atoms with Gasteiger partial charge in [-0.05, 0) is 50.1 Å². The van der Waals surface area contributed by atoms with Crippen LogP contribution in [0.15, 0.2) is 47.0 Å². The van der Waals surface area contributed by atoms with Gasteiger partial charge in [-0.25, -0.2) is 0 Å². The van der Waals surface area contributed by atoms with Gasteiger partial charge in [0.15, 0.2) is 5.76 Å². The Labute approximate surface area is 141 Å². The molecule has 3 aromatic rings. The van der Waals surface area contributed by atoms with Crippen LogP contribution in [0, 0.1) is 6.92 Å². The fourth-order valence-corrected chi connectivity index (χ4v) is 3.21. The molecule has 1 aliphatic heterocycles. The monoisotopic (exact) mass is 322 g/mol. The van der Waals surface area contributed by atoms with E-state index in [2.05, 4.69) is 44.7 Å². The molecule has 0 saturated carbocycles. The van der Waals surface area contributed by atoms with Crippen LogP contribution in [0.5, 0.6) is 0 Å². The van der Waals surface area contributed by atoms with Crippen molar-refractivity contribution in [2.24, 2.45) is 0 Å². The molecule has 4 rings (SSSR count). The maximum Gasteiger partial charge on any atom is 0.152 e. The van der Waals surface area contributed by atoms with Gasteiger partial charge in [-0.1, -0.05) is 6.07 Å². The standard InChI is InChI=1S/C19H22N4O/c1-14-7-8-18(24-14)19-15(13-21-22-19)12-20-16-5-4-6-17(11-16)23-9-2-3-10-23/h4-8,11,13,20H,2-3,9-10,12H2,1H3,(H,21,22). The van der Waals surface area contributed by atoms with Crippen LogP contribution in [0.1, 0.15) is 24.2 Å². The average Bonchev–Trinajstić information content (AvgIpc) is 3.34. The van der Waals surface area contributed by atoms with E-state index in [0.29, 0.717) is 6.54 Å². The van der Waals surface area contributed by atoms with E-state index in [1.165, 1.54) is 18.5 Å². The fraction of sp³-hybridized carbons (Fsp3) is 0.316. The quantitative estimate of drug-likeness (QED) is 0.739. The Bertz CT molecular complexity index is 814. The lowest BCUT2D eigenvalue weighted by Crippen LogP contribution is -2.17. The first kappa shape index (κ1) is 14.9. The van der Waals surface area contributed by atoms with Gasteiger partial charge in [-0.3, -0.25) is 5.10 Å². The Morgan fingerprint density at radius 2 is 2.08 bits per heavy atom. The second-order valence-corrected chi connectivity index (χ2v) is 6.28. The second kappa shape index (κ2) is 6.43. The predicted octanol–water partition coefficient (Wildman–Crippen LogP) is 4.19. The number of benzene rings is 1. The van der Waals surface area contributed by atoms with E-state index in [-0.39, 0.29) is 0 Å². The Kier molecular flexibility index (Phi) is 3.99. The van der Waals surface area contributed by atoms with Gasteiger partial charge in [0.05, 0.1) is 6.20 Å². The lowest BCUT2D eigenvalue weighted by atomic mass is 10.2. The zero-order chi connectivity index (χ0) is 16.4. The number of nitrogens with one attached hydrogen (secondary N) is 2. The molecule has 0 unspecified atom stereocenters. The normalized spacial score (nSPS) is 14.3. The third-order valence-corrected chi connectivity index (χ3v) is 4.50. The van der Waals surface area contributed by atoms with Crippen molar-refractivity contribution in [1.29, 1.82) is 0 Å². The molecule has 5 nitrogen and oxygen atoms in total. The third kappa shape index (κ3) is 3.02. The molecule has 124 valence electrons. The molecule has 3 heterocycles. The minimum atomic E-state index is 0.703. The number of hydrogen-bond donors (Lipinski definition) is 2. The molecule has 0 aliphatic carbocycles. The van der Waals surface area contributed by atoms with E-state index < -0.39 is 0 Å². The molecule has 2 aromatic heterocycles. The van der Waals surface area contributed by atoms with Crippen molar-refractivity contribution in [2.75, 3.05) is 23.3 Å². The van der Waals surface area contributed by atoms with Crippen molar-refractivity contribution in [1.82, 2.24) is 10.2 Å². The lowest BCUT2D eigenvalue weighted by molar-refractivity contribution is 0.545. The Morgan fingerprint density at radius 1 is 1.21 bits per heavy atom. The summed E-state index contributed by atoms with van der Waals surface area (Å²) in [4.78, 5) is 2.44. The second-order valence-electron chi connectivity index (χ2n) is 6.28. The molecular weight excluding hydrogens is 300 g/mol. The van der Waals surface area contributed by atoms with Crippen molar-refractivity contribution < 1.29 is 4.42 Å². The molecule has 1 fully saturated rings. The number of aromatic nitrogens is 2. The van der Waals surface area contributed by atoms with Crippen LogP contribution in [-0.4, -0.2) is 23.3 Å². The zero-order valence-corrected chi connectivity index (χ0v) is 13.9. The first-order valence-electron chi connectivity index (χ1n) is 8.47. The summed E-state index contributed by atoms with van der Waals surface area (Å²) < 4.78 is 5.70. The molecule has 1 saturated heterocycles. The first-order chi connectivity index (χ1) is 11.8. The smallest absolute Gasteiger partial charge is 0.152 e. The summed E-state index contributed by atoms with van der Waals surface area (Å²) in [5, 5.41) is 10.7. The molecule has 24 heavy (non-hydrogen) atoms. The maximum absolute atomic E-state index is 5.70. The van der Waals surface area contributed by atoms with Gasteiger partial charge in [0.25, 0.3) is 0 Å². The predicted molar refractivity (Wildman–Crippen MR) is 96.2 cm³/mol. The highest BCUT2D eigenvalue weighted by Gasteiger charge is 2.13. The molecule has 5 heteroatoms. The highest BCUT2D eigenvalue weighted by atomic mass is 16.3. The topological polar surface area (TPSA) is 57.1 Å². The van der Waals surface area contributed by atoms with Crippen LogP contribution >= 0.6 is 0 Å². The van der Waals surface area contributed by atoms with Crippen molar-refractivity contribution in [2.45, 2.75) is 26.3 Å². The number of nitrogens with zero attached hydrogens (tertiary/aromatic N) is 2. The van der Waals surface area contributed by atoms with Gasteiger partial charge in [0.2, 0.25) is 0 Å². The fourth-order valence-electron chi connectivity index (χ4n) is 3.21. The van der Waals surface area contributed by atoms with Gasteiger partial charge in [0.1, 0.15) is 11.5 Å². The van der Waals surface area contributed by atoms with Gasteiger partial charge in [-0.15, -0.1) is 0 Å². The summed E-state index contributed by atoms with van der Waals surface area (Å²) in [6.07, 6.45) is 4.43. The lowest BCUT2D eigenvalue weighted by Gasteiger charge is -2.18. The number of anilines is 2. The molecule has 0 atom stereocenters. The number of aryl methyl sites for hydroxylation is 1. The van der Waals surface area contributed by atoms with Crippen LogP contribution < -0.4 is 10.2 Å². The number of H-pyrrole nitrogens is 1. The minimum absolute atomic E-state index is 0.703. The number of furan rings is 1. The Hall–Kier alpha value is -2.69. The SMILES string of the molecule is Cc1ccc(-c2[nH]ncc2CNc2cccc(N3CCCC3)c2)o1. The Balaban J connectivity index is 1.48. The molecular formula is C19H22N4O. The molecule has 1 aromatic carbocycles. The van der Waals surface area contributed by atoms with Crippen molar-refractivity contribution >= 4 is 11.4 Å². The summed E-state index contributed by atoms with van der Waals surface area (Å²) in [5.41, 5.74) is 4.45. The molecule has 0 bridgehead atoms. The number of rotatable bonds is 5. The van der Waals surface area contributed by atoms with E-state index in [4.69, 9.17) is 4.42 Å². The van der Waals surface area contributed by atoms with Crippen LogP contribution in [0.3, 0.4) is 0 Å². The highest BCUT2D eigenvalue weighted by molar-refractivity contribution is 5.61. The molecule has 2 N–H and O–H groups in total. The van der Waals surface area contributed by atoms with E-state index in [0.717, 1.165) is 41.6 Å². The van der Waals surface area contributed by atoms with Crippen LogP contribution in [0.2, 0.25) is 0 Å². The summed E-state index contributed by atoms with van der Waals surface area (Å²) in [6.45, 7) is 4.97. The van der Waals surface area contributed by atoms with E-state index in [1.807, 2.05) is 25.3 Å². The molecule has 0 spiro atoms. The molecule has 0 amide bonds. The summed E-state index contributed by atoms with van der Waals surface area (Å²) in [6, 6.07) is 12.6. The minimum Gasteiger partial charge on any atom is -0.460 e. The van der Waals surface area contributed by atoms with Crippen LogP contribution in [0.25, 0.3) is 11.5 Å². The largest absolute Gasteiger partial charge is 0.460 e. The van der Waals surface area contributed by atoms with Crippen molar-refractivity contribution in [3.8, 4) is 11.5 Å². The highest BCUT2D eigenvalue weighted by Crippen LogP contribution is 2.26. The van der Waals surface area contributed by atoms with Gasteiger partial charge < -0.3 is 14.6 Å². The number of hydrogen-bond acceptors (Lipinski definition) is 4.